The van der Waals surface area contributed by atoms with Crippen molar-refractivity contribution in [2.75, 3.05) is 0 Å². The Kier molecular flexibility index (Phi) is 6.03. The summed E-state index contributed by atoms with van der Waals surface area (Å²) in [7, 11) is 0. The first-order valence-electron chi connectivity index (χ1n) is 6.61. The third kappa shape index (κ3) is 5.14. The maximum atomic E-state index is 12.2. The van der Waals surface area contributed by atoms with Crippen molar-refractivity contribution in [3.8, 4) is 0 Å². The normalized spacial score (nSPS) is 12.7. The highest BCUT2D eigenvalue weighted by molar-refractivity contribution is 6.68. The van der Waals surface area contributed by atoms with Gasteiger partial charge in [-0.05, 0) is 18.2 Å². The van der Waals surface area contributed by atoms with Gasteiger partial charge in [-0.25, -0.2) is 0 Å². The Bertz CT molecular complexity index is 602. The summed E-state index contributed by atoms with van der Waals surface area (Å²) in [5, 5.41) is 4.49. The van der Waals surface area contributed by atoms with Gasteiger partial charge in [0.25, 0.3) is 9.70 Å². The summed E-state index contributed by atoms with van der Waals surface area (Å²) in [6.45, 7) is 0.529. The molecule has 1 atom stereocenters. The molecule has 0 aliphatic rings. The number of pyridine rings is 1. The minimum Gasteiger partial charge on any atom is -0.319 e. The van der Waals surface area contributed by atoms with Crippen LogP contribution in [0.1, 0.15) is 15.9 Å². The third-order valence-corrected chi connectivity index (χ3v) is 3.69. The summed E-state index contributed by atoms with van der Waals surface area (Å²) in [5.74, 6) is -0.292. The van der Waals surface area contributed by atoms with Crippen molar-refractivity contribution in [2.45, 2.75) is 16.5 Å². The molecule has 0 fully saturated rings. The van der Waals surface area contributed by atoms with Crippen LogP contribution in [0.3, 0.4) is 0 Å². The molecule has 1 amide bonds. The Morgan fingerprint density at radius 3 is 2.50 bits per heavy atom. The predicted molar refractivity (Wildman–Crippen MR) is 87.9 cm³/mol. The number of carbonyl (C=O) groups is 1. The van der Waals surface area contributed by atoms with Gasteiger partial charge in [-0.15, -0.1) is 0 Å². The summed E-state index contributed by atoms with van der Waals surface area (Å²) >= 11 is 17.9. The number of halogens is 3. The van der Waals surface area contributed by atoms with Gasteiger partial charge in [0.15, 0.2) is 0 Å². The molecule has 1 unspecified atom stereocenters. The first-order chi connectivity index (χ1) is 10.5. The molecule has 0 aliphatic heterocycles. The molecule has 1 aromatic heterocycles. The Balaban J connectivity index is 2.02. The zero-order valence-electron chi connectivity index (χ0n) is 11.5. The van der Waals surface area contributed by atoms with Gasteiger partial charge in [-0.3, -0.25) is 15.1 Å². The molecule has 0 bridgehead atoms. The van der Waals surface area contributed by atoms with E-state index in [0.29, 0.717) is 12.1 Å². The van der Waals surface area contributed by atoms with Gasteiger partial charge in [0.05, 0.1) is 0 Å². The Labute approximate surface area is 143 Å². The van der Waals surface area contributed by atoms with Crippen LogP contribution in [-0.2, 0) is 6.54 Å². The number of hydrogen-bond acceptors (Lipinski definition) is 2. The standard InChI is InChI=1S/C15H14Cl3N3O/c16-15(17,18)14(20-10-11-5-4-8-19-9-11)21-13(22)12-6-2-1-3-7-12/h1-9,14,20H,10H2,(H,21,22)/p+1. The molecule has 0 spiro atoms. The minimum atomic E-state index is -1.63. The fraction of sp³-hybridized carbons (Fsp3) is 0.200. The first kappa shape index (κ1) is 17.0. The number of nitrogens with zero attached hydrogens (tertiary/aromatic N) is 1. The predicted octanol–water partition coefficient (Wildman–Crippen LogP) is 2.27. The molecule has 0 radical (unpaired) electrons. The van der Waals surface area contributed by atoms with Crippen molar-refractivity contribution in [3.63, 3.8) is 0 Å². The lowest BCUT2D eigenvalue weighted by Gasteiger charge is -2.23. The number of rotatable bonds is 5. The summed E-state index contributed by atoms with van der Waals surface area (Å²) in [6, 6.07) is 12.5. The van der Waals surface area contributed by atoms with Crippen LogP contribution in [0, 0.1) is 0 Å². The second kappa shape index (κ2) is 7.79. The van der Waals surface area contributed by atoms with E-state index in [2.05, 4.69) is 10.3 Å². The van der Waals surface area contributed by atoms with Crippen LogP contribution in [0.5, 0.6) is 0 Å². The number of alkyl halides is 3. The van der Waals surface area contributed by atoms with Crippen molar-refractivity contribution >= 4 is 40.7 Å². The molecule has 4 nitrogen and oxygen atoms in total. The van der Waals surface area contributed by atoms with Crippen molar-refractivity contribution in [2.24, 2.45) is 0 Å². The van der Waals surface area contributed by atoms with Gasteiger partial charge in [-0.1, -0.05) is 59.1 Å². The lowest BCUT2D eigenvalue weighted by Crippen LogP contribution is -2.95. The maximum absolute atomic E-state index is 12.2. The molecule has 3 N–H and O–H groups in total. The number of nitrogens with one attached hydrogen (secondary N) is 1. The quantitative estimate of drug-likeness (QED) is 0.635. The van der Waals surface area contributed by atoms with E-state index in [-0.39, 0.29) is 5.91 Å². The van der Waals surface area contributed by atoms with Crippen LogP contribution in [0.25, 0.3) is 0 Å². The van der Waals surface area contributed by atoms with E-state index in [1.807, 2.05) is 18.2 Å². The SMILES string of the molecule is O=C(NC([NH2+]Cc1cccnc1)C(Cl)(Cl)Cl)c1ccccc1. The van der Waals surface area contributed by atoms with Gasteiger partial charge in [0.1, 0.15) is 6.54 Å². The molecule has 1 aromatic carbocycles. The molecule has 2 rings (SSSR count). The van der Waals surface area contributed by atoms with Crippen LogP contribution < -0.4 is 10.6 Å². The zero-order valence-corrected chi connectivity index (χ0v) is 13.8. The summed E-state index contributed by atoms with van der Waals surface area (Å²) in [6.07, 6.45) is 2.70. The van der Waals surface area contributed by atoms with Crippen molar-refractivity contribution in [1.82, 2.24) is 10.3 Å². The molecule has 1 heterocycles. The summed E-state index contributed by atoms with van der Waals surface area (Å²) in [4.78, 5) is 16.2. The second-order valence-electron chi connectivity index (χ2n) is 4.66. The summed E-state index contributed by atoms with van der Waals surface area (Å²) < 4.78 is -1.63. The maximum Gasteiger partial charge on any atom is 0.262 e. The Morgan fingerprint density at radius 2 is 1.91 bits per heavy atom. The fourth-order valence-corrected chi connectivity index (χ4v) is 2.29. The lowest BCUT2D eigenvalue weighted by atomic mass is 10.2. The molecular formula is C15H15Cl3N3O+. The van der Waals surface area contributed by atoms with Crippen molar-refractivity contribution in [1.29, 1.82) is 0 Å². The minimum absolute atomic E-state index is 0.292. The average molecular weight is 360 g/mol. The smallest absolute Gasteiger partial charge is 0.262 e. The van der Waals surface area contributed by atoms with E-state index in [1.54, 1.807) is 42.0 Å². The highest BCUT2D eigenvalue weighted by atomic mass is 35.6. The molecule has 22 heavy (non-hydrogen) atoms. The van der Waals surface area contributed by atoms with Gasteiger partial charge >= 0.3 is 0 Å². The van der Waals surface area contributed by atoms with Crippen molar-refractivity contribution in [3.05, 3.63) is 66.0 Å². The van der Waals surface area contributed by atoms with Crippen LogP contribution in [0.2, 0.25) is 0 Å². The lowest BCUT2D eigenvalue weighted by molar-refractivity contribution is -0.706. The molecule has 0 saturated heterocycles. The van der Waals surface area contributed by atoms with E-state index in [4.69, 9.17) is 34.8 Å². The van der Waals surface area contributed by atoms with Gasteiger partial charge < -0.3 is 5.32 Å². The largest absolute Gasteiger partial charge is 0.319 e. The second-order valence-corrected chi connectivity index (χ2v) is 7.03. The molecule has 0 saturated carbocycles. The molecule has 2 aromatic rings. The molecular weight excluding hydrogens is 345 g/mol. The van der Waals surface area contributed by atoms with E-state index < -0.39 is 9.96 Å². The number of quaternary nitrogens is 1. The zero-order chi connectivity index (χ0) is 16.0. The number of carbonyl (C=O) groups excluding carboxylic acids is 1. The number of benzene rings is 1. The number of aromatic nitrogens is 1. The Hall–Kier alpha value is -1.33. The topological polar surface area (TPSA) is 58.6 Å². The van der Waals surface area contributed by atoms with Crippen LogP contribution in [0.4, 0.5) is 0 Å². The fourth-order valence-electron chi connectivity index (χ4n) is 1.86. The highest BCUT2D eigenvalue weighted by Crippen LogP contribution is 2.27. The Morgan fingerprint density at radius 1 is 1.18 bits per heavy atom. The van der Waals surface area contributed by atoms with Gasteiger partial charge in [-0.2, -0.15) is 0 Å². The number of nitrogens with two attached hydrogens (primary N) is 1. The average Bonchev–Trinajstić information content (AvgIpc) is 2.52. The summed E-state index contributed by atoms with van der Waals surface area (Å²) in [5.41, 5.74) is 1.48. The molecule has 116 valence electrons. The van der Waals surface area contributed by atoms with Crippen LogP contribution in [0.15, 0.2) is 54.9 Å². The third-order valence-electron chi connectivity index (χ3n) is 2.99. The molecule has 7 heteroatoms. The van der Waals surface area contributed by atoms with E-state index in [0.717, 1.165) is 5.56 Å². The first-order valence-corrected chi connectivity index (χ1v) is 7.75. The van der Waals surface area contributed by atoms with Crippen LogP contribution >= 0.6 is 34.8 Å². The van der Waals surface area contributed by atoms with E-state index in [1.165, 1.54) is 0 Å². The monoisotopic (exact) mass is 358 g/mol. The number of amides is 1. The van der Waals surface area contributed by atoms with E-state index in [9.17, 15) is 4.79 Å². The van der Waals surface area contributed by atoms with Gasteiger partial charge in [0.2, 0.25) is 6.17 Å². The van der Waals surface area contributed by atoms with Gasteiger partial charge in [0, 0.05) is 23.5 Å². The van der Waals surface area contributed by atoms with Crippen LogP contribution in [-0.4, -0.2) is 20.8 Å². The van der Waals surface area contributed by atoms with Crippen molar-refractivity contribution < 1.29 is 10.1 Å². The number of hydrogen-bond donors (Lipinski definition) is 2. The van der Waals surface area contributed by atoms with E-state index >= 15 is 0 Å². The molecule has 0 aliphatic carbocycles. The highest BCUT2D eigenvalue weighted by Gasteiger charge is 2.37.